The van der Waals surface area contributed by atoms with Gasteiger partial charge in [0, 0.05) is 29.8 Å². The van der Waals surface area contributed by atoms with Gasteiger partial charge < -0.3 is 15.8 Å². The lowest BCUT2D eigenvalue weighted by Crippen LogP contribution is -2.19. The molecule has 0 aliphatic carbocycles. The van der Waals surface area contributed by atoms with E-state index in [0.717, 1.165) is 29.1 Å². The highest BCUT2D eigenvalue weighted by atomic mass is 32.2. The van der Waals surface area contributed by atoms with Crippen LogP contribution in [0.25, 0.3) is 16.9 Å². The van der Waals surface area contributed by atoms with Gasteiger partial charge in [-0.15, -0.1) is 5.10 Å². The van der Waals surface area contributed by atoms with Crippen LogP contribution in [0.1, 0.15) is 28.8 Å². The van der Waals surface area contributed by atoms with Crippen molar-refractivity contribution >= 4 is 29.0 Å². The van der Waals surface area contributed by atoms with Crippen molar-refractivity contribution in [3.8, 4) is 22.9 Å². The van der Waals surface area contributed by atoms with Crippen LogP contribution in [0.5, 0.6) is 11.6 Å². The Morgan fingerprint density at radius 3 is 2.80 bits per heavy atom. The average Bonchev–Trinajstić information content (AvgIpc) is 3.27. The second kappa shape index (κ2) is 9.95. The Labute approximate surface area is 206 Å². The van der Waals surface area contributed by atoms with Crippen molar-refractivity contribution in [2.24, 2.45) is 11.7 Å². The summed E-state index contributed by atoms with van der Waals surface area (Å²) in [5, 5.41) is 8.20. The molecule has 1 amide bonds. The number of aromatic nitrogens is 3. The molecule has 0 unspecified atom stereocenters. The maximum atomic E-state index is 13.7. The van der Waals surface area contributed by atoms with Gasteiger partial charge in [-0.25, -0.2) is 13.9 Å². The van der Waals surface area contributed by atoms with Crippen LogP contribution in [-0.4, -0.2) is 38.6 Å². The van der Waals surface area contributed by atoms with Gasteiger partial charge in [0.25, 0.3) is 0 Å². The van der Waals surface area contributed by atoms with Gasteiger partial charge in [0.1, 0.15) is 11.6 Å². The zero-order valence-electron chi connectivity index (χ0n) is 19.3. The predicted octanol–water partition coefficient (Wildman–Crippen LogP) is 5.29. The van der Waals surface area contributed by atoms with Gasteiger partial charge in [-0.1, -0.05) is 12.1 Å². The van der Waals surface area contributed by atoms with E-state index in [0.29, 0.717) is 28.8 Å². The third kappa shape index (κ3) is 5.09. The highest BCUT2D eigenvalue weighted by Crippen LogP contribution is 2.31. The van der Waals surface area contributed by atoms with Crippen LogP contribution < -0.4 is 15.8 Å². The number of hydrogen-bond acceptors (Lipinski definition) is 6. The summed E-state index contributed by atoms with van der Waals surface area (Å²) in [4.78, 5) is 16.3. The molecular weight excluding hydrogens is 465 g/mol. The minimum Gasteiger partial charge on any atom is -0.437 e. The minimum absolute atomic E-state index is 0.314. The smallest absolute Gasteiger partial charge is 0.248 e. The van der Waals surface area contributed by atoms with Gasteiger partial charge in [0.05, 0.1) is 17.6 Å². The molecule has 0 atom stereocenters. The summed E-state index contributed by atoms with van der Waals surface area (Å²) in [5.41, 5.74) is 9.74. The first-order valence-electron chi connectivity index (χ1n) is 11.5. The van der Waals surface area contributed by atoms with E-state index < -0.39 is 5.91 Å². The third-order valence-corrected chi connectivity index (χ3v) is 7.22. The summed E-state index contributed by atoms with van der Waals surface area (Å²) in [6.07, 6.45) is 4.10. The number of fused-ring (bicyclic) bond motifs is 1. The lowest BCUT2D eigenvalue weighted by molar-refractivity contribution is 0.0999. The number of ether oxygens (including phenoxy) is 1. The van der Waals surface area contributed by atoms with Crippen LogP contribution in [0.4, 0.5) is 10.1 Å². The quantitative estimate of drug-likeness (QED) is 0.365. The number of nitrogens with zero attached hydrogens (tertiary/aromatic N) is 3. The number of thioether (sulfide) groups is 1. The number of carbonyl (C=O) groups excluding carboxylic acids is 1. The molecule has 2 aromatic carbocycles. The Kier molecular flexibility index (Phi) is 6.59. The van der Waals surface area contributed by atoms with E-state index in [4.69, 9.17) is 10.5 Å². The summed E-state index contributed by atoms with van der Waals surface area (Å²) in [6.45, 7) is 2.67. The molecule has 1 aliphatic rings. The molecule has 180 valence electrons. The molecule has 1 saturated heterocycles. The van der Waals surface area contributed by atoms with Gasteiger partial charge in [-0.3, -0.25) is 4.79 Å². The van der Waals surface area contributed by atoms with Gasteiger partial charge in [0.15, 0.2) is 5.65 Å². The van der Waals surface area contributed by atoms with Crippen molar-refractivity contribution in [1.29, 1.82) is 0 Å². The predicted molar refractivity (Wildman–Crippen MR) is 137 cm³/mol. The summed E-state index contributed by atoms with van der Waals surface area (Å²) < 4.78 is 21.4. The number of imidazole rings is 1. The van der Waals surface area contributed by atoms with Crippen molar-refractivity contribution in [2.75, 3.05) is 23.4 Å². The van der Waals surface area contributed by atoms with Crippen LogP contribution in [0, 0.1) is 18.7 Å². The van der Waals surface area contributed by atoms with E-state index in [2.05, 4.69) is 15.4 Å². The number of rotatable bonds is 7. The van der Waals surface area contributed by atoms with E-state index in [9.17, 15) is 9.18 Å². The summed E-state index contributed by atoms with van der Waals surface area (Å²) in [6, 6.07) is 13.2. The van der Waals surface area contributed by atoms with Crippen molar-refractivity contribution in [3.05, 3.63) is 71.7 Å². The standard InChI is InChI=1S/C26H26FN5O2S/c1-16-11-18(5-6-21(16)25(28)33)23-15-30-26-22(29-14-17-7-9-35-10-8-17)13-24(31-32(23)26)34-20-4-2-3-19(27)12-20/h2-6,11-13,15,17,29H,7-10,14H2,1H3,(H2,28,33). The number of nitrogens with two attached hydrogens (primary N) is 1. The SMILES string of the molecule is Cc1cc(-c2cnc3c(NCC4CCSCC4)cc(Oc4cccc(F)c4)nn23)ccc1C(N)=O. The fourth-order valence-corrected chi connectivity index (χ4v) is 5.48. The van der Waals surface area contributed by atoms with Crippen LogP contribution >= 0.6 is 11.8 Å². The van der Waals surface area contributed by atoms with Crippen molar-refractivity contribution in [3.63, 3.8) is 0 Å². The molecule has 0 bridgehead atoms. The lowest BCUT2D eigenvalue weighted by Gasteiger charge is -2.22. The van der Waals surface area contributed by atoms with Crippen molar-refractivity contribution in [1.82, 2.24) is 14.6 Å². The molecule has 2 aromatic heterocycles. The van der Waals surface area contributed by atoms with E-state index in [-0.39, 0.29) is 5.82 Å². The number of aryl methyl sites for hydroxylation is 1. The van der Waals surface area contributed by atoms with Gasteiger partial charge >= 0.3 is 0 Å². The van der Waals surface area contributed by atoms with E-state index in [1.807, 2.05) is 30.8 Å². The summed E-state index contributed by atoms with van der Waals surface area (Å²) in [7, 11) is 0. The molecule has 9 heteroatoms. The number of nitrogens with one attached hydrogen (secondary N) is 1. The zero-order valence-corrected chi connectivity index (χ0v) is 20.1. The Morgan fingerprint density at radius 1 is 1.23 bits per heavy atom. The topological polar surface area (TPSA) is 94.5 Å². The van der Waals surface area contributed by atoms with E-state index >= 15 is 0 Å². The number of anilines is 1. The van der Waals surface area contributed by atoms with Gasteiger partial charge in [-0.05, 0) is 67.0 Å². The molecule has 1 fully saturated rings. The zero-order chi connectivity index (χ0) is 24.4. The summed E-state index contributed by atoms with van der Waals surface area (Å²) >= 11 is 2.00. The van der Waals surface area contributed by atoms with Crippen LogP contribution in [-0.2, 0) is 0 Å². The Balaban J connectivity index is 1.54. The maximum absolute atomic E-state index is 13.7. The molecule has 3 heterocycles. The number of benzene rings is 2. The molecule has 5 rings (SSSR count). The normalized spacial score (nSPS) is 14.2. The fraction of sp³-hybridized carbons (Fsp3) is 0.269. The molecule has 0 saturated carbocycles. The number of primary amides is 1. The fourth-order valence-electron chi connectivity index (χ4n) is 4.28. The summed E-state index contributed by atoms with van der Waals surface area (Å²) in [5.74, 6) is 2.77. The number of hydrogen-bond donors (Lipinski definition) is 2. The lowest BCUT2D eigenvalue weighted by atomic mass is 10.0. The van der Waals surface area contributed by atoms with Crippen molar-refractivity contribution < 1.29 is 13.9 Å². The third-order valence-electron chi connectivity index (χ3n) is 6.17. The second-order valence-corrected chi connectivity index (χ2v) is 9.89. The largest absolute Gasteiger partial charge is 0.437 e. The van der Waals surface area contributed by atoms with Crippen LogP contribution in [0.15, 0.2) is 54.7 Å². The Morgan fingerprint density at radius 2 is 2.06 bits per heavy atom. The molecule has 1 aliphatic heterocycles. The first-order valence-corrected chi connectivity index (χ1v) is 12.7. The molecule has 35 heavy (non-hydrogen) atoms. The first-order chi connectivity index (χ1) is 17.0. The highest BCUT2D eigenvalue weighted by Gasteiger charge is 2.18. The highest BCUT2D eigenvalue weighted by molar-refractivity contribution is 7.99. The van der Waals surface area contributed by atoms with Crippen molar-refractivity contribution in [2.45, 2.75) is 19.8 Å². The van der Waals surface area contributed by atoms with Gasteiger partial charge in [-0.2, -0.15) is 11.8 Å². The number of halogens is 1. The molecule has 3 N–H and O–H groups in total. The van der Waals surface area contributed by atoms with E-state index in [1.165, 1.54) is 36.5 Å². The molecule has 0 radical (unpaired) electrons. The first kappa shape index (κ1) is 23.2. The molecular formula is C26H26FN5O2S. The maximum Gasteiger partial charge on any atom is 0.248 e. The Bertz CT molecular complexity index is 1380. The van der Waals surface area contributed by atoms with Crippen LogP contribution in [0.2, 0.25) is 0 Å². The molecule has 7 nitrogen and oxygen atoms in total. The Hall–Kier alpha value is -3.59. The van der Waals surface area contributed by atoms with E-state index in [1.54, 1.807) is 35.0 Å². The number of carbonyl (C=O) groups is 1. The molecule has 4 aromatic rings. The monoisotopic (exact) mass is 491 g/mol. The van der Waals surface area contributed by atoms with Crippen LogP contribution in [0.3, 0.4) is 0 Å². The molecule has 0 spiro atoms. The number of amides is 1. The second-order valence-electron chi connectivity index (χ2n) is 8.67. The minimum atomic E-state index is -0.469. The average molecular weight is 492 g/mol. The van der Waals surface area contributed by atoms with Gasteiger partial charge in [0.2, 0.25) is 11.8 Å².